The molecule has 0 aromatic carbocycles. The van der Waals surface area contributed by atoms with Crippen LogP contribution in [0, 0.1) is 5.92 Å². The molecule has 0 bridgehead atoms. The van der Waals surface area contributed by atoms with Crippen LogP contribution in [-0.2, 0) is 14.3 Å². The van der Waals surface area contributed by atoms with Crippen LogP contribution in [0.3, 0.4) is 0 Å². The lowest BCUT2D eigenvalue weighted by molar-refractivity contribution is -0.145. The van der Waals surface area contributed by atoms with Gasteiger partial charge in [-0.15, -0.1) is 0 Å². The van der Waals surface area contributed by atoms with Gasteiger partial charge in [-0.2, -0.15) is 0 Å². The molecule has 126 valence electrons. The van der Waals surface area contributed by atoms with Gasteiger partial charge in [-0.1, -0.05) is 0 Å². The molecule has 1 aliphatic carbocycles. The van der Waals surface area contributed by atoms with Crippen LogP contribution < -0.4 is 5.32 Å². The van der Waals surface area contributed by atoms with E-state index in [0.717, 1.165) is 0 Å². The molecule has 0 atom stereocenters. The Morgan fingerprint density at radius 1 is 1.18 bits per heavy atom. The van der Waals surface area contributed by atoms with Gasteiger partial charge in [-0.25, -0.2) is 4.79 Å². The number of hydrogen-bond acceptors (Lipinski definition) is 4. The highest BCUT2D eigenvalue weighted by Crippen LogP contribution is 2.26. The zero-order valence-electron chi connectivity index (χ0n) is 13.7. The summed E-state index contributed by atoms with van der Waals surface area (Å²) < 4.78 is 5.21. The zero-order valence-corrected chi connectivity index (χ0v) is 13.7. The largest absolute Gasteiger partial charge is 0.480 e. The second kappa shape index (κ2) is 7.47. The maximum Gasteiger partial charge on any atom is 0.407 e. The van der Waals surface area contributed by atoms with Crippen LogP contribution >= 0.6 is 0 Å². The summed E-state index contributed by atoms with van der Waals surface area (Å²) in [6.07, 6.45) is 2.23. The summed E-state index contributed by atoms with van der Waals surface area (Å²) in [5, 5.41) is 11.5. The van der Waals surface area contributed by atoms with E-state index in [4.69, 9.17) is 9.84 Å². The predicted molar refractivity (Wildman–Crippen MR) is 80.4 cm³/mol. The molecule has 0 spiro atoms. The number of alkyl carbamates (subject to hydrolysis) is 1. The fraction of sp³-hybridized carbons (Fsp3) is 0.800. The van der Waals surface area contributed by atoms with E-state index in [1.54, 1.807) is 20.8 Å². The van der Waals surface area contributed by atoms with Gasteiger partial charge in [0.25, 0.3) is 0 Å². The number of carboxylic acid groups (broad SMARTS) is 1. The van der Waals surface area contributed by atoms with Crippen molar-refractivity contribution in [2.24, 2.45) is 5.92 Å². The molecule has 7 heteroatoms. The SMILES string of the molecule is CN(CC(=O)O)C(=O)C1CCC(NC(=O)OC(C)(C)C)CC1. The van der Waals surface area contributed by atoms with Gasteiger partial charge in [0.1, 0.15) is 12.1 Å². The number of nitrogens with zero attached hydrogens (tertiary/aromatic N) is 1. The van der Waals surface area contributed by atoms with Crippen molar-refractivity contribution >= 4 is 18.0 Å². The van der Waals surface area contributed by atoms with E-state index in [9.17, 15) is 14.4 Å². The van der Waals surface area contributed by atoms with E-state index in [1.807, 2.05) is 0 Å². The lowest BCUT2D eigenvalue weighted by atomic mass is 9.85. The van der Waals surface area contributed by atoms with E-state index in [0.29, 0.717) is 25.7 Å². The molecule has 1 aliphatic rings. The second-order valence-corrected chi connectivity index (χ2v) is 6.78. The highest BCUT2D eigenvalue weighted by molar-refractivity contribution is 5.82. The highest BCUT2D eigenvalue weighted by atomic mass is 16.6. The van der Waals surface area contributed by atoms with Crippen molar-refractivity contribution in [2.45, 2.75) is 58.1 Å². The monoisotopic (exact) mass is 314 g/mol. The van der Waals surface area contributed by atoms with Gasteiger partial charge in [-0.3, -0.25) is 9.59 Å². The third kappa shape index (κ3) is 6.32. The van der Waals surface area contributed by atoms with E-state index in [2.05, 4.69) is 5.32 Å². The Kier molecular flexibility index (Phi) is 6.20. The topological polar surface area (TPSA) is 95.9 Å². The molecular formula is C15H26N2O5. The second-order valence-electron chi connectivity index (χ2n) is 6.78. The Morgan fingerprint density at radius 2 is 1.73 bits per heavy atom. The van der Waals surface area contributed by atoms with Crippen LogP contribution in [0.1, 0.15) is 46.5 Å². The van der Waals surface area contributed by atoms with Crippen LogP contribution in [0.25, 0.3) is 0 Å². The molecule has 7 nitrogen and oxygen atoms in total. The minimum Gasteiger partial charge on any atom is -0.480 e. The number of nitrogens with one attached hydrogen (secondary N) is 1. The third-order valence-corrected chi connectivity index (χ3v) is 3.55. The van der Waals surface area contributed by atoms with Crippen molar-refractivity contribution in [3.05, 3.63) is 0 Å². The van der Waals surface area contributed by atoms with Gasteiger partial charge in [0.05, 0.1) is 0 Å². The number of aliphatic carboxylic acids is 1. The molecule has 0 saturated heterocycles. The molecular weight excluding hydrogens is 288 g/mol. The number of carbonyl (C=O) groups is 3. The molecule has 0 heterocycles. The standard InChI is InChI=1S/C15H26N2O5/c1-15(2,3)22-14(21)16-11-7-5-10(6-8-11)13(20)17(4)9-12(18)19/h10-11H,5-9H2,1-4H3,(H,16,21)(H,18,19). The van der Waals surface area contributed by atoms with Crippen LogP contribution in [0.4, 0.5) is 4.79 Å². The summed E-state index contributed by atoms with van der Waals surface area (Å²) in [7, 11) is 1.50. The Morgan fingerprint density at radius 3 is 2.18 bits per heavy atom. The first-order valence-corrected chi connectivity index (χ1v) is 7.55. The summed E-state index contributed by atoms with van der Waals surface area (Å²) in [5.41, 5.74) is -0.531. The molecule has 0 aliphatic heterocycles. The van der Waals surface area contributed by atoms with Gasteiger partial charge in [0.15, 0.2) is 0 Å². The number of carbonyl (C=O) groups excluding carboxylic acids is 2. The number of hydrogen-bond donors (Lipinski definition) is 2. The van der Waals surface area contributed by atoms with Crippen LogP contribution in [0.5, 0.6) is 0 Å². The number of amides is 2. The summed E-state index contributed by atoms with van der Waals surface area (Å²) in [4.78, 5) is 35.7. The Balaban J connectivity index is 2.38. The number of ether oxygens (including phenoxy) is 1. The maximum atomic E-state index is 12.1. The fourth-order valence-corrected chi connectivity index (χ4v) is 2.55. The first-order valence-electron chi connectivity index (χ1n) is 7.55. The van der Waals surface area contributed by atoms with Crippen molar-refractivity contribution < 1.29 is 24.2 Å². The predicted octanol–water partition coefficient (Wildman–Crippen LogP) is 1.61. The van der Waals surface area contributed by atoms with Crippen LogP contribution in [0.2, 0.25) is 0 Å². The molecule has 0 unspecified atom stereocenters. The smallest absolute Gasteiger partial charge is 0.407 e. The lowest BCUT2D eigenvalue weighted by Gasteiger charge is -2.31. The van der Waals surface area contributed by atoms with E-state index >= 15 is 0 Å². The van der Waals surface area contributed by atoms with Crippen LogP contribution in [-0.4, -0.2) is 53.2 Å². The maximum absolute atomic E-state index is 12.1. The fourth-order valence-electron chi connectivity index (χ4n) is 2.55. The summed E-state index contributed by atoms with van der Waals surface area (Å²) in [6.45, 7) is 5.14. The first kappa shape index (κ1) is 18.3. The average molecular weight is 314 g/mol. The lowest BCUT2D eigenvalue weighted by Crippen LogP contribution is -2.43. The number of rotatable bonds is 4. The van der Waals surface area contributed by atoms with Crippen molar-refractivity contribution in [1.29, 1.82) is 0 Å². The van der Waals surface area contributed by atoms with Gasteiger partial charge >= 0.3 is 12.1 Å². The van der Waals surface area contributed by atoms with E-state index in [1.165, 1.54) is 11.9 Å². The van der Waals surface area contributed by atoms with Crippen molar-refractivity contribution in [3.63, 3.8) is 0 Å². The van der Waals surface area contributed by atoms with Crippen molar-refractivity contribution in [2.75, 3.05) is 13.6 Å². The molecule has 2 amide bonds. The number of likely N-dealkylation sites (N-methyl/N-ethyl adjacent to an activating group) is 1. The van der Waals surface area contributed by atoms with E-state index in [-0.39, 0.29) is 24.4 Å². The van der Waals surface area contributed by atoms with Crippen molar-refractivity contribution in [1.82, 2.24) is 10.2 Å². The quantitative estimate of drug-likeness (QED) is 0.822. The zero-order chi connectivity index (χ0) is 16.9. The minimum atomic E-state index is -1.02. The normalized spacial score (nSPS) is 21.8. The minimum absolute atomic E-state index is 0.00341. The summed E-state index contributed by atoms with van der Waals surface area (Å²) >= 11 is 0. The number of carboxylic acids is 1. The van der Waals surface area contributed by atoms with Gasteiger partial charge < -0.3 is 20.1 Å². The Hall–Kier alpha value is -1.79. The Labute approximate surface area is 131 Å². The molecule has 1 fully saturated rings. The van der Waals surface area contributed by atoms with Gasteiger partial charge in [0.2, 0.25) is 5.91 Å². The Bertz CT molecular complexity index is 422. The molecule has 22 heavy (non-hydrogen) atoms. The van der Waals surface area contributed by atoms with Crippen molar-refractivity contribution in [3.8, 4) is 0 Å². The summed E-state index contributed by atoms with van der Waals surface area (Å²) in [5.74, 6) is -1.32. The third-order valence-electron chi connectivity index (χ3n) is 3.55. The summed E-state index contributed by atoms with van der Waals surface area (Å²) in [6, 6.07) is 0.00341. The molecule has 0 radical (unpaired) electrons. The molecule has 1 saturated carbocycles. The highest BCUT2D eigenvalue weighted by Gasteiger charge is 2.30. The van der Waals surface area contributed by atoms with Gasteiger partial charge in [0, 0.05) is 19.0 Å². The molecule has 2 N–H and O–H groups in total. The molecule has 0 aromatic rings. The first-order chi connectivity index (χ1) is 10.1. The van der Waals surface area contributed by atoms with Crippen LogP contribution in [0.15, 0.2) is 0 Å². The molecule has 0 aromatic heterocycles. The van der Waals surface area contributed by atoms with Gasteiger partial charge in [-0.05, 0) is 46.5 Å². The molecule has 1 rings (SSSR count). The van der Waals surface area contributed by atoms with E-state index < -0.39 is 17.7 Å². The average Bonchev–Trinajstić information content (AvgIpc) is 2.35.